The van der Waals surface area contributed by atoms with Crippen molar-refractivity contribution in [2.75, 3.05) is 0 Å². The van der Waals surface area contributed by atoms with Gasteiger partial charge >= 0.3 is 180 Å². The van der Waals surface area contributed by atoms with Crippen molar-refractivity contribution in [1.82, 2.24) is 0 Å². The van der Waals surface area contributed by atoms with E-state index in [-0.39, 0.29) is 38.8 Å². The molecule has 0 bridgehead atoms. The molecule has 0 aliphatic rings. The van der Waals surface area contributed by atoms with Gasteiger partial charge in [-0.25, -0.2) is 0 Å². The summed E-state index contributed by atoms with van der Waals surface area (Å²) in [7, 11) is 0. The Bertz CT molecular complexity index is 553. The molecule has 0 aliphatic carbocycles. The van der Waals surface area contributed by atoms with Gasteiger partial charge in [0.25, 0.3) is 0 Å². The first-order valence-electron chi connectivity index (χ1n) is 10.1. The monoisotopic (exact) mass is 460 g/mol. The van der Waals surface area contributed by atoms with Gasteiger partial charge in [0.05, 0.1) is 0 Å². The molecule has 0 spiro atoms. The third kappa shape index (κ3) is 10.1. The van der Waals surface area contributed by atoms with Gasteiger partial charge in [0.2, 0.25) is 0 Å². The average Bonchev–Trinajstić information content (AvgIpc) is 2.40. The van der Waals surface area contributed by atoms with E-state index < -0.39 is 0 Å². The van der Waals surface area contributed by atoms with E-state index in [4.69, 9.17) is 0 Å². The molecule has 158 valence electrons. The number of allylic oxidation sites excluding steroid dienone is 6. The van der Waals surface area contributed by atoms with Gasteiger partial charge in [0.15, 0.2) is 0 Å². The summed E-state index contributed by atoms with van der Waals surface area (Å²) in [5, 5.41) is 0. The molecule has 0 fully saturated rings. The van der Waals surface area contributed by atoms with Crippen LogP contribution in [0, 0.1) is 21.7 Å². The van der Waals surface area contributed by atoms with Crippen LogP contribution in [0.3, 0.4) is 0 Å². The maximum atomic E-state index is 2.51. The zero-order valence-corrected chi connectivity index (χ0v) is 22.4. The average molecular weight is 460 g/mol. The second-order valence-electron chi connectivity index (χ2n) is 11.9. The first kappa shape index (κ1) is 26.6. The Hall–Kier alpha value is -0.417. The standard InChI is InChI=1S/2C13H23.Ru/c2*1-10(12(3,4)5)9-11(2)13(6,7)8;/h2*1,9H,2-8H3;/b2*10-1?,11-9-;. The molecule has 0 heterocycles. The fourth-order valence-corrected chi connectivity index (χ4v) is 4.42. The zero-order chi connectivity index (χ0) is 21.8. The molecule has 0 amide bonds. The van der Waals surface area contributed by atoms with Crippen molar-refractivity contribution in [2.45, 2.75) is 96.9 Å². The topological polar surface area (TPSA) is 0 Å². The molecule has 0 aromatic heterocycles. The summed E-state index contributed by atoms with van der Waals surface area (Å²) in [6.45, 7) is 32.2. The molecule has 0 saturated carbocycles. The van der Waals surface area contributed by atoms with Crippen LogP contribution in [0.4, 0.5) is 0 Å². The number of hydrogen-bond acceptors (Lipinski definition) is 0. The molecule has 0 aliphatic heterocycles. The summed E-state index contributed by atoms with van der Waals surface area (Å²) in [4.78, 5) is 0. The normalized spacial score (nSPS) is 17.0. The molecule has 0 aromatic rings. The van der Waals surface area contributed by atoms with Gasteiger partial charge in [0.1, 0.15) is 0 Å². The summed E-state index contributed by atoms with van der Waals surface area (Å²) in [6, 6.07) is 0. The summed E-state index contributed by atoms with van der Waals surface area (Å²) >= 11 is 0.0640. The van der Waals surface area contributed by atoms with E-state index >= 15 is 0 Å². The van der Waals surface area contributed by atoms with Crippen molar-refractivity contribution >= 4 is 0 Å². The predicted molar refractivity (Wildman–Crippen MR) is 122 cm³/mol. The summed E-state index contributed by atoms with van der Waals surface area (Å²) in [5.41, 5.74) is 6.63. The molecule has 0 nitrogen and oxygen atoms in total. The number of hydrogen-bond donors (Lipinski definition) is 0. The molecule has 27 heavy (non-hydrogen) atoms. The van der Waals surface area contributed by atoms with Gasteiger partial charge in [-0.3, -0.25) is 0 Å². The van der Waals surface area contributed by atoms with E-state index in [1.807, 2.05) is 0 Å². The first-order chi connectivity index (χ1) is 11.8. The minimum absolute atomic E-state index is 0.0640. The van der Waals surface area contributed by atoms with Gasteiger partial charge < -0.3 is 0 Å². The summed E-state index contributed by atoms with van der Waals surface area (Å²) < 4.78 is 5.02. The molecule has 0 N–H and O–H groups in total. The van der Waals surface area contributed by atoms with Crippen LogP contribution in [0.15, 0.2) is 43.8 Å². The third-order valence-electron chi connectivity index (χ3n) is 5.18. The van der Waals surface area contributed by atoms with Crippen molar-refractivity contribution in [3.8, 4) is 0 Å². The molecule has 0 saturated heterocycles. The molecule has 0 rings (SSSR count). The molecule has 0 unspecified atom stereocenters. The number of rotatable bonds is 4. The van der Waals surface area contributed by atoms with E-state index in [2.05, 4.69) is 118 Å². The van der Waals surface area contributed by atoms with Gasteiger partial charge in [-0.05, 0) is 0 Å². The quantitative estimate of drug-likeness (QED) is 0.291. The fraction of sp³-hybridized carbons (Fsp3) is 0.692. The fourth-order valence-electron chi connectivity index (χ4n) is 1.85. The van der Waals surface area contributed by atoms with Crippen molar-refractivity contribution in [1.29, 1.82) is 0 Å². The van der Waals surface area contributed by atoms with Crippen LogP contribution in [0.25, 0.3) is 0 Å². The van der Waals surface area contributed by atoms with Crippen LogP contribution in [0.1, 0.15) is 96.9 Å². The Morgan fingerprint density at radius 1 is 0.481 bits per heavy atom. The van der Waals surface area contributed by atoms with Crippen molar-refractivity contribution in [3.05, 3.63) is 43.8 Å². The van der Waals surface area contributed by atoms with E-state index in [1.54, 1.807) is 0 Å². The van der Waals surface area contributed by atoms with E-state index in [0.29, 0.717) is 0 Å². The van der Waals surface area contributed by atoms with Gasteiger partial charge in [0, 0.05) is 0 Å². The Kier molecular flexibility index (Phi) is 9.24. The Balaban J connectivity index is 5.95. The van der Waals surface area contributed by atoms with Crippen LogP contribution < -0.4 is 0 Å². The maximum absolute atomic E-state index is 2.51. The van der Waals surface area contributed by atoms with Crippen LogP contribution in [0.2, 0.25) is 0 Å². The summed E-state index contributed by atoms with van der Waals surface area (Å²) in [5.74, 6) is 0. The van der Waals surface area contributed by atoms with Gasteiger partial charge in [-0.2, -0.15) is 0 Å². The predicted octanol–water partition coefficient (Wildman–Crippen LogP) is 8.91. The Morgan fingerprint density at radius 3 is 0.926 bits per heavy atom. The third-order valence-corrected chi connectivity index (χ3v) is 6.84. The van der Waals surface area contributed by atoms with Gasteiger partial charge in [-0.1, -0.05) is 0 Å². The first-order valence-corrected chi connectivity index (χ1v) is 12.1. The van der Waals surface area contributed by atoms with Crippen molar-refractivity contribution < 1.29 is 17.1 Å². The van der Waals surface area contributed by atoms with Crippen LogP contribution >= 0.6 is 0 Å². The van der Waals surface area contributed by atoms with Crippen LogP contribution in [-0.4, -0.2) is 0 Å². The molecule has 0 radical (unpaired) electrons. The van der Waals surface area contributed by atoms with Crippen LogP contribution in [-0.2, 0) is 17.1 Å². The minimum atomic E-state index is 0.0640. The van der Waals surface area contributed by atoms with Gasteiger partial charge in [-0.15, -0.1) is 0 Å². The zero-order valence-electron chi connectivity index (χ0n) is 20.7. The molecule has 0 aromatic carbocycles. The second kappa shape index (κ2) is 9.39. The van der Waals surface area contributed by atoms with Crippen LogP contribution in [0.5, 0.6) is 0 Å². The SMILES string of the molecule is C/C(=C/C(=[CH]\[Ru]/[CH]=C(\C=C(\C)C(C)(C)C)C(C)(C)C)C(C)(C)C)C(C)(C)C. The molecular weight excluding hydrogens is 413 g/mol. The molecule has 1 heteroatoms. The molecule has 0 atom stereocenters. The second-order valence-corrected chi connectivity index (χ2v) is 13.5. The summed E-state index contributed by atoms with van der Waals surface area (Å²) in [6.07, 6.45) is 4.85. The Morgan fingerprint density at radius 2 is 0.741 bits per heavy atom. The molecular formula is C26H46Ru. The van der Waals surface area contributed by atoms with E-state index in [1.165, 1.54) is 22.3 Å². The van der Waals surface area contributed by atoms with Crippen molar-refractivity contribution in [3.63, 3.8) is 0 Å². The van der Waals surface area contributed by atoms with E-state index in [0.717, 1.165) is 0 Å². The Labute approximate surface area is 179 Å². The van der Waals surface area contributed by atoms with E-state index in [9.17, 15) is 0 Å². The van der Waals surface area contributed by atoms with Crippen molar-refractivity contribution in [2.24, 2.45) is 21.7 Å².